The predicted octanol–water partition coefficient (Wildman–Crippen LogP) is -3.50. The molecule has 0 aromatic carbocycles. The van der Waals surface area contributed by atoms with Crippen LogP contribution in [0.15, 0.2) is 0 Å². The molecule has 0 aliphatic rings. The van der Waals surface area contributed by atoms with E-state index in [4.69, 9.17) is 21.1 Å². The largest absolute Gasteiger partial charge is 0.481 e. The minimum atomic E-state index is -1.82. The zero-order valence-corrected chi connectivity index (χ0v) is 17.4. The Kier molecular flexibility index (Phi) is 12.1. The molecule has 0 aromatic rings. The number of hydrogen-bond donors (Lipinski definition) is 9. The topological polar surface area (TPSA) is 245 Å². The van der Waals surface area contributed by atoms with Crippen LogP contribution >= 0.6 is 12.6 Å². The third kappa shape index (κ3) is 10.6. The summed E-state index contributed by atoms with van der Waals surface area (Å²) in [6.45, 7) is 1.25. The maximum Gasteiger partial charge on any atom is 0.326 e. The molecule has 0 aliphatic heterocycles. The molecular formula is C16H26N4O10S. The summed E-state index contributed by atoms with van der Waals surface area (Å²) >= 11 is 3.91. The highest BCUT2D eigenvalue weighted by Gasteiger charge is 2.31. The van der Waals surface area contributed by atoms with Gasteiger partial charge in [0.25, 0.3) is 0 Å². The number of carboxylic acids is 3. The van der Waals surface area contributed by atoms with Gasteiger partial charge in [-0.3, -0.25) is 24.0 Å². The van der Waals surface area contributed by atoms with Crippen LogP contribution in [0.1, 0.15) is 26.2 Å². The molecule has 0 heterocycles. The van der Waals surface area contributed by atoms with Crippen LogP contribution in [-0.2, 0) is 28.8 Å². The minimum absolute atomic E-state index is 0.256. The Balaban J connectivity index is 5.38. The Hall–Kier alpha value is -2.91. The Labute approximate surface area is 182 Å². The third-order valence-electron chi connectivity index (χ3n) is 3.91. The van der Waals surface area contributed by atoms with Crippen molar-refractivity contribution in [2.45, 2.75) is 56.5 Å². The average molecular weight is 466 g/mol. The predicted molar refractivity (Wildman–Crippen MR) is 106 cm³/mol. The second kappa shape index (κ2) is 13.4. The molecule has 15 heteroatoms. The zero-order chi connectivity index (χ0) is 24.3. The van der Waals surface area contributed by atoms with Gasteiger partial charge < -0.3 is 42.1 Å². The SMILES string of the molecule is CC(O)C(N)C(=O)NC(CS)C(=O)NC(CCC(=O)O)C(=O)NC(CC(=O)O)C(=O)O. The molecular weight excluding hydrogens is 440 g/mol. The Morgan fingerprint density at radius 3 is 1.74 bits per heavy atom. The van der Waals surface area contributed by atoms with E-state index >= 15 is 0 Å². The smallest absolute Gasteiger partial charge is 0.326 e. The second-order valence-corrected chi connectivity index (χ2v) is 6.87. The number of carbonyl (C=O) groups is 6. The van der Waals surface area contributed by atoms with Crippen molar-refractivity contribution >= 4 is 48.3 Å². The van der Waals surface area contributed by atoms with E-state index in [1.54, 1.807) is 0 Å². The lowest BCUT2D eigenvalue weighted by Gasteiger charge is -2.24. The van der Waals surface area contributed by atoms with Gasteiger partial charge >= 0.3 is 17.9 Å². The molecule has 0 radical (unpaired) electrons. The van der Waals surface area contributed by atoms with Crippen LogP contribution in [0.4, 0.5) is 0 Å². The number of nitrogens with one attached hydrogen (secondary N) is 3. The molecule has 0 aliphatic carbocycles. The highest BCUT2D eigenvalue weighted by atomic mass is 32.1. The van der Waals surface area contributed by atoms with Gasteiger partial charge in [-0.2, -0.15) is 12.6 Å². The number of carbonyl (C=O) groups excluding carboxylic acids is 3. The van der Waals surface area contributed by atoms with E-state index in [-0.39, 0.29) is 5.75 Å². The van der Waals surface area contributed by atoms with Gasteiger partial charge in [-0.15, -0.1) is 0 Å². The van der Waals surface area contributed by atoms with E-state index in [1.807, 2.05) is 5.32 Å². The van der Waals surface area contributed by atoms with E-state index in [9.17, 15) is 33.9 Å². The second-order valence-electron chi connectivity index (χ2n) is 6.50. The molecule has 31 heavy (non-hydrogen) atoms. The van der Waals surface area contributed by atoms with Crippen molar-refractivity contribution in [2.75, 3.05) is 5.75 Å². The normalized spacial score (nSPS) is 15.5. The highest BCUT2D eigenvalue weighted by Crippen LogP contribution is 2.03. The van der Waals surface area contributed by atoms with Gasteiger partial charge in [-0.25, -0.2) is 4.79 Å². The van der Waals surface area contributed by atoms with Crippen LogP contribution in [0.5, 0.6) is 0 Å². The summed E-state index contributed by atoms with van der Waals surface area (Å²) in [6, 6.07) is -6.05. The van der Waals surface area contributed by atoms with Gasteiger partial charge in [0.1, 0.15) is 24.2 Å². The van der Waals surface area contributed by atoms with Crippen LogP contribution < -0.4 is 21.7 Å². The first-order chi connectivity index (χ1) is 14.3. The number of hydrogen-bond acceptors (Lipinski definition) is 9. The maximum atomic E-state index is 12.4. The highest BCUT2D eigenvalue weighted by molar-refractivity contribution is 7.80. The molecule has 0 aromatic heterocycles. The summed E-state index contributed by atoms with van der Waals surface area (Å²) in [5.41, 5.74) is 5.46. The summed E-state index contributed by atoms with van der Waals surface area (Å²) in [6.07, 6.45) is -3.21. The third-order valence-corrected chi connectivity index (χ3v) is 4.28. The van der Waals surface area contributed by atoms with Crippen LogP contribution in [-0.4, -0.2) is 92.1 Å². The number of nitrogens with two attached hydrogens (primary N) is 1. The first kappa shape index (κ1) is 28.1. The number of aliphatic carboxylic acids is 3. The fraction of sp³-hybridized carbons (Fsp3) is 0.625. The van der Waals surface area contributed by atoms with Crippen molar-refractivity contribution < 1.29 is 49.2 Å². The first-order valence-corrected chi connectivity index (χ1v) is 9.55. The summed E-state index contributed by atoms with van der Waals surface area (Å²) in [7, 11) is 0. The molecule has 0 fully saturated rings. The van der Waals surface area contributed by atoms with Crippen molar-refractivity contribution in [3.63, 3.8) is 0 Å². The first-order valence-electron chi connectivity index (χ1n) is 8.92. The van der Waals surface area contributed by atoms with Gasteiger partial charge in [0.05, 0.1) is 12.5 Å². The fourth-order valence-corrected chi connectivity index (χ4v) is 2.39. The van der Waals surface area contributed by atoms with Gasteiger partial charge in [0.2, 0.25) is 17.7 Å². The number of amides is 3. The summed E-state index contributed by atoms with van der Waals surface area (Å²) in [4.78, 5) is 69.5. The van der Waals surface area contributed by atoms with Crippen LogP contribution in [0, 0.1) is 0 Å². The molecule has 5 unspecified atom stereocenters. The molecule has 0 bridgehead atoms. The van der Waals surface area contributed by atoms with E-state index in [0.717, 1.165) is 0 Å². The molecule has 0 rings (SSSR count). The van der Waals surface area contributed by atoms with Crippen LogP contribution in [0.3, 0.4) is 0 Å². The van der Waals surface area contributed by atoms with E-state index in [2.05, 4.69) is 23.3 Å². The minimum Gasteiger partial charge on any atom is -0.481 e. The van der Waals surface area contributed by atoms with Crippen molar-refractivity contribution in [3.8, 4) is 0 Å². The molecule has 176 valence electrons. The number of thiol groups is 1. The molecule has 14 nitrogen and oxygen atoms in total. The number of rotatable bonds is 14. The van der Waals surface area contributed by atoms with Crippen molar-refractivity contribution in [2.24, 2.45) is 5.73 Å². The molecule has 0 saturated carbocycles. The number of aliphatic hydroxyl groups is 1. The Morgan fingerprint density at radius 1 is 0.839 bits per heavy atom. The van der Waals surface area contributed by atoms with Gasteiger partial charge in [0.15, 0.2) is 0 Å². The summed E-state index contributed by atoms with van der Waals surface area (Å²) in [5, 5.41) is 42.2. The van der Waals surface area contributed by atoms with Crippen molar-refractivity contribution in [1.29, 1.82) is 0 Å². The van der Waals surface area contributed by atoms with E-state index < -0.39 is 85.2 Å². The lowest BCUT2D eigenvalue weighted by Crippen LogP contribution is -2.58. The lowest BCUT2D eigenvalue weighted by molar-refractivity contribution is -0.147. The average Bonchev–Trinajstić information content (AvgIpc) is 2.66. The molecule has 9 N–H and O–H groups in total. The number of carboxylic acid groups (broad SMARTS) is 3. The lowest BCUT2D eigenvalue weighted by atomic mass is 10.1. The maximum absolute atomic E-state index is 12.4. The van der Waals surface area contributed by atoms with E-state index in [1.165, 1.54) is 6.92 Å². The monoisotopic (exact) mass is 466 g/mol. The molecule has 0 saturated heterocycles. The van der Waals surface area contributed by atoms with Crippen LogP contribution in [0.2, 0.25) is 0 Å². The summed E-state index contributed by atoms with van der Waals surface area (Å²) in [5.74, 6) is -7.70. The fourth-order valence-electron chi connectivity index (χ4n) is 2.14. The van der Waals surface area contributed by atoms with Crippen molar-refractivity contribution in [3.05, 3.63) is 0 Å². The zero-order valence-electron chi connectivity index (χ0n) is 16.5. The summed E-state index contributed by atoms with van der Waals surface area (Å²) < 4.78 is 0. The van der Waals surface area contributed by atoms with Crippen LogP contribution in [0.25, 0.3) is 0 Å². The Morgan fingerprint density at radius 2 is 1.32 bits per heavy atom. The standard InChI is InChI=1S/C16H26N4O10S/c1-6(21)12(17)15(28)20-9(5-31)14(27)18-7(2-3-10(22)23)13(26)19-8(16(29)30)4-11(24)25/h6-9,12,21,31H,2-5,17H2,1H3,(H,18,27)(H,19,26)(H,20,28)(H,22,23)(H,24,25)(H,29,30). The van der Waals surface area contributed by atoms with E-state index in [0.29, 0.717) is 0 Å². The quantitative estimate of drug-likeness (QED) is 0.114. The molecule has 5 atom stereocenters. The Bertz CT molecular complexity index is 702. The number of aliphatic hydroxyl groups excluding tert-OH is 1. The van der Waals surface area contributed by atoms with Gasteiger partial charge in [-0.1, -0.05) is 0 Å². The molecule has 0 spiro atoms. The van der Waals surface area contributed by atoms with Gasteiger partial charge in [0, 0.05) is 12.2 Å². The molecule has 3 amide bonds. The van der Waals surface area contributed by atoms with Crippen molar-refractivity contribution in [1.82, 2.24) is 16.0 Å². The van der Waals surface area contributed by atoms with Gasteiger partial charge in [-0.05, 0) is 13.3 Å².